The van der Waals surface area contributed by atoms with Gasteiger partial charge in [0, 0.05) is 26.3 Å². The first kappa shape index (κ1) is 24.9. The van der Waals surface area contributed by atoms with E-state index in [0.29, 0.717) is 19.2 Å². The molecule has 0 spiro atoms. The van der Waals surface area contributed by atoms with E-state index in [1.165, 1.54) is 0 Å². The van der Waals surface area contributed by atoms with Crippen LogP contribution in [-0.4, -0.2) is 69.3 Å². The Morgan fingerprint density at radius 2 is 2.25 bits per heavy atom. The van der Waals surface area contributed by atoms with Crippen molar-refractivity contribution in [2.75, 3.05) is 46.1 Å². The van der Waals surface area contributed by atoms with Gasteiger partial charge in [0.25, 0.3) is 0 Å². The molecule has 28 heavy (non-hydrogen) atoms. The van der Waals surface area contributed by atoms with Gasteiger partial charge in [0.05, 0.1) is 19.3 Å². The van der Waals surface area contributed by atoms with Crippen molar-refractivity contribution in [3.8, 4) is 5.75 Å². The van der Waals surface area contributed by atoms with Crippen molar-refractivity contribution >= 4 is 29.9 Å². The number of halogens is 1. The Morgan fingerprint density at radius 1 is 1.39 bits per heavy atom. The fourth-order valence-corrected chi connectivity index (χ4v) is 2.66. The molecule has 1 aliphatic heterocycles. The first-order chi connectivity index (χ1) is 13.2. The number of aliphatic imine (C=N–C) groups is 1. The van der Waals surface area contributed by atoms with Crippen molar-refractivity contribution in [1.82, 2.24) is 10.6 Å². The lowest BCUT2D eigenvalue weighted by atomic mass is 10.2. The minimum absolute atomic E-state index is 0. The lowest BCUT2D eigenvalue weighted by Crippen LogP contribution is -2.39. The number of aliphatic hydroxyl groups excluding tert-OH is 1. The van der Waals surface area contributed by atoms with E-state index in [1.807, 2.05) is 38.1 Å². The fraction of sp³-hybridized carbons (Fsp3) is 0.650. The Kier molecular flexibility index (Phi) is 13.2. The van der Waals surface area contributed by atoms with Gasteiger partial charge < -0.3 is 30.0 Å². The van der Waals surface area contributed by atoms with Crippen LogP contribution in [0.2, 0.25) is 0 Å². The zero-order valence-electron chi connectivity index (χ0n) is 16.9. The van der Waals surface area contributed by atoms with E-state index in [1.54, 1.807) is 0 Å². The van der Waals surface area contributed by atoms with Crippen LogP contribution in [0.15, 0.2) is 29.3 Å². The molecule has 1 aliphatic rings. The van der Waals surface area contributed by atoms with Gasteiger partial charge in [-0.25, -0.2) is 0 Å². The van der Waals surface area contributed by atoms with Crippen LogP contribution in [0.5, 0.6) is 5.75 Å². The molecule has 2 atom stereocenters. The average molecular weight is 507 g/mol. The van der Waals surface area contributed by atoms with Gasteiger partial charge in [-0.15, -0.1) is 24.0 Å². The van der Waals surface area contributed by atoms with Crippen LogP contribution < -0.4 is 15.4 Å². The normalized spacial score (nSPS) is 17.7. The maximum absolute atomic E-state index is 10.1. The molecule has 0 saturated carbocycles. The summed E-state index contributed by atoms with van der Waals surface area (Å²) in [6, 6.07) is 7.77. The maximum Gasteiger partial charge on any atom is 0.191 e. The maximum atomic E-state index is 10.1. The molecule has 0 aliphatic carbocycles. The molecule has 2 rings (SSSR count). The number of guanidine groups is 1. The number of benzene rings is 1. The molecule has 3 N–H and O–H groups in total. The van der Waals surface area contributed by atoms with Crippen LogP contribution in [0.3, 0.4) is 0 Å². The standard InChI is InChI=1S/C20H33N3O4.HI/c1-3-21-20(22-9-5-10-26-19-8-11-25-15-19)23-13-17(24)14-27-18-7-4-6-16(2)12-18;/h4,6-7,12,17,19,24H,3,5,8-11,13-15H2,1-2H3,(H2,21,22,23);1H. The molecule has 0 aromatic heterocycles. The number of ether oxygens (including phenoxy) is 3. The van der Waals surface area contributed by atoms with Gasteiger partial charge in [0.2, 0.25) is 0 Å². The Hall–Kier alpha value is -1.10. The summed E-state index contributed by atoms with van der Waals surface area (Å²) in [5.74, 6) is 1.45. The molecular formula is C20H34IN3O4. The van der Waals surface area contributed by atoms with Gasteiger partial charge in [-0.1, -0.05) is 12.1 Å². The summed E-state index contributed by atoms with van der Waals surface area (Å²) in [6.07, 6.45) is 1.46. The van der Waals surface area contributed by atoms with Crippen molar-refractivity contribution in [3.05, 3.63) is 29.8 Å². The zero-order chi connectivity index (χ0) is 19.3. The highest BCUT2D eigenvalue weighted by molar-refractivity contribution is 14.0. The summed E-state index contributed by atoms with van der Waals surface area (Å²) in [7, 11) is 0. The number of hydrogen-bond acceptors (Lipinski definition) is 5. The second-order valence-electron chi connectivity index (χ2n) is 6.64. The average Bonchev–Trinajstić information content (AvgIpc) is 3.17. The molecular weight excluding hydrogens is 473 g/mol. The fourth-order valence-electron chi connectivity index (χ4n) is 2.66. The molecule has 0 radical (unpaired) electrons. The van der Waals surface area contributed by atoms with Gasteiger partial charge in [-0.3, -0.25) is 4.99 Å². The van der Waals surface area contributed by atoms with Crippen molar-refractivity contribution in [2.45, 2.75) is 38.9 Å². The van der Waals surface area contributed by atoms with Gasteiger partial charge in [0.15, 0.2) is 5.96 Å². The third kappa shape index (κ3) is 10.4. The summed E-state index contributed by atoms with van der Waals surface area (Å²) >= 11 is 0. The highest BCUT2D eigenvalue weighted by atomic mass is 127. The molecule has 0 bridgehead atoms. The van der Waals surface area contributed by atoms with E-state index in [4.69, 9.17) is 14.2 Å². The molecule has 2 unspecified atom stereocenters. The number of nitrogens with one attached hydrogen (secondary N) is 2. The van der Waals surface area contributed by atoms with Gasteiger partial charge in [-0.2, -0.15) is 0 Å². The predicted octanol–water partition coefficient (Wildman–Crippen LogP) is 2.10. The topological polar surface area (TPSA) is 84.3 Å². The van der Waals surface area contributed by atoms with E-state index in [9.17, 15) is 5.11 Å². The second kappa shape index (κ2) is 14.8. The molecule has 1 fully saturated rings. The molecule has 8 heteroatoms. The summed E-state index contributed by atoms with van der Waals surface area (Å²) < 4.78 is 16.6. The third-order valence-corrected chi connectivity index (χ3v) is 4.09. The number of nitrogens with zero attached hydrogens (tertiary/aromatic N) is 1. The SMILES string of the molecule is CCNC(=NCC(O)COc1cccc(C)c1)NCCCOC1CCOC1.I. The Balaban J connectivity index is 0.00000392. The van der Waals surface area contributed by atoms with Crippen LogP contribution in [0, 0.1) is 6.92 Å². The summed E-state index contributed by atoms with van der Waals surface area (Å²) in [6.45, 7) is 8.24. The van der Waals surface area contributed by atoms with Crippen LogP contribution in [0.1, 0.15) is 25.3 Å². The first-order valence-corrected chi connectivity index (χ1v) is 9.76. The lowest BCUT2D eigenvalue weighted by molar-refractivity contribution is 0.0420. The lowest BCUT2D eigenvalue weighted by Gasteiger charge is -2.14. The minimum Gasteiger partial charge on any atom is -0.491 e. The van der Waals surface area contributed by atoms with Crippen molar-refractivity contribution in [1.29, 1.82) is 0 Å². The van der Waals surface area contributed by atoms with Gasteiger partial charge >= 0.3 is 0 Å². The largest absolute Gasteiger partial charge is 0.491 e. The predicted molar refractivity (Wildman–Crippen MR) is 122 cm³/mol. The van der Waals surface area contributed by atoms with Crippen molar-refractivity contribution in [3.63, 3.8) is 0 Å². The summed E-state index contributed by atoms with van der Waals surface area (Å²) in [5.41, 5.74) is 1.13. The number of aliphatic hydroxyl groups is 1. The van der Waals surface area contributed by atoms with Crippen LogP contribution in [0.25, 0.3) is 0 Å². The van der Waals surface area contributed by atoms with E-state index in [0.717, 1.165) is 43.9 Å². The first-order valence-electron chi connectivity index (χ1n) is 9.76. The Bertz CT molecular complexity index is 568. The van der Waals surface area contributed by atoms with Crippen molar-refractivity contribution in [2.24, 2.45) is 4.99 Å². The van der Waals surface area contributed by atoms with E-state index >= 15 is 0 Å². The van der Waals surface area contributed by atoms with E-state index < -0.39 is 6.10 Å². The molecule has 1 aromatic carbocycles. The van der Waals surface area contributed by atoms with Crippen LogP contribution >= 0.6 is 24.0 Å². The van der Waals surface area contributed by atoms with Crippen LogP contribution in [-0.2, 0) is 9.47 Å². The monoisotopic (exact) mass is 507 g/mol. The van der Waals surface area contributed by atoms with Crippen LogP contribution in [0.4, 0.5) is 0 Å². The molecule has 1 aromatic rings. The number of rotatable bonds is 11. The molecule has 160 valence electrons. The van der Waals surface area contributed by atoms with Gasteiger partial charge in [0.1, 0.15) is 18.5 Å². The molecule has 7 nitrogen and oxygen atoms in total. The Labute approximate surface area is 185 Å². The third-order valence-electron chi connectivity index (χ3n) is 4.09. The Morgan fingerprint density at radius 3 is 2.96 bits per heavy atom. The van der Waals surface area contributed by atoms with Gasteiger partial charge in [-0.05, 0) is 44.4 Å². The smallest absolute Gasteiger partial charge is 0.191 e. The number of aryl methyl sites for hydroxylation is 1. The highest BCUT2D eigenvalue weighted by Crippen LogP contribution is 2.12. The molecule has 0 amide bonds. The summed E-state index contributed by atoms with van der Waals surface area (Å²) in [4.78, 5) is 4.42. The van der Waals surface area contributed by atoms with Crippen molar-refractivity contribution < 1.29 is 19.3 Å². The second-order valence-corrected chi connectivity index (χ2v) is 6.64. The highest BCUT2D eigenvalue weighted by Gasteiger charge is 2.15. The zero-order valence-corrected chi connectivity index (χ0v) is 19.2. The molecule has 1 heterocycles. The van der Waals surface area contributed by atoms with E-state index in [-0.39, 0.29) is 43.2 Å². The quantitative estimate of drug-likeness (QED) is 0.184. The molecule has 1 saturated heterocycles. The number of hydrogen-bond donors (Lipinski definition) is 3. The van der Waals surface area contributed by atoms with E-state index in [2.05, 4.69) is 15.6 Å². The summed E-state index contributed by atoms with van der Waals surface area (Å²) in [5, 5.41) is 16.5. The minimum atomic E-state index is -0.660.